The van der Waals surface area contributed by atoms with Crippen molar-refractivity contribution in [3.63, 3.8) is 0 Å². The van der Waals surface area contributed by atoms with Crippen molar-refractivity contribution in [2.45, 2.75) is 301 Å². The lowest BCUT2D eigenvalue weighted by Crippen LogP contribution is -2.15. The molecule has 0 aliphatic carbocycles. The summed E-state index contributed by atoms with van der Waals surface area (Å²) >= 11 is 0. The van der Waals surface area contributed by atoms with Gasteiger partial charge in [-0.3, -0.25) is 0 Å². The first-order valence-electron chi connectivity index (χ1n) is 44.9. The summed E-state index contributed by atoms with van der Waals surface area (Å²) in [6.07, 6.45) is 14.0. The molecule has 0 bridgehead atoms. The van der Waals surface area contributed by atoms with Crippen LogP contribution in [0, 0.1) is 0 Å². The summed E-state index contributed by atoms with van der Waals surface area (Å²) in [5.41, 5.74) is 15.6. The van der Waals surface area contributed by atoms with E-state index in [1.165, 1.54) is 79.3 Å². The predicted octanol–water partition coefficient (Wildman–Crippen LogP) is 32.0. The standard InChI is InChI=1S/C12H16O2.C12H16O.C12H14O.C11H14O2.C11H12O2.C11H14O.C11H12O.C10H12O2.8C2H6/c1-9(2)10-4-5-11-12(8-10)14-7-3-6-13-11;2*1-9(2)11-6-5-10-4-3-7-13-12(10)8-11;2*1-8(2)9-3-4-10-11(7-9)13-6-5-12-10;2*1-8(2)10-4-3-9-5-6-12-11(9)7-10;1-7(2)8-3-4-9-10(5-8)12-6-11-9;8*1-2/h4-5,8-9H,3,6-7H2,1-2H3;5-6,8-9H,3-4,7H2,1-2H3;3,5-9H,4H2,1-2H3;3-4,7-8H,5-6H2,1-2H3;3-8H,1-2H3;3-4,7-8H,5-6H2,1-2H3;3-8H,1-2H3;3-5,7H,6H2,1-2H3;8*1-2H3. The summed E-state index contributed by atoms with van der Waals surface area (Å²) in [7, 11) is 0. The fraction of sp³-hybridized carbons (Fsp3) is 0.491. The maximum absolute atomic E-state index is 5.61. The van der Waals surface area contributed by atoms with Gasteiger partial charge in [0.2, 0.25) is 6.79 Å². The zero-order valence-electron chi connectivity index (χ0n) is 79.3. The molecule has 0 saturated carbocycles. The molecule has 118 heavy (non-hydrogen) atoms. The Bertz CT molecular complexity index is 3970. The van der Waals surface area contributed by atoms with Crippen LogP contribution in [0.5, 0.6) is 63.2 Å². The van der Waals surface area contributed by atoms with Gasteiger partial charge in [0.1, 0.15) is 48.6 Å². The molecule has 0 spiro atoms. The van der Waals surface area contributed by atoms with Crippen molar-refractivity contribution in [2.24, 2.45) is 0 Å². The van der Waals surface area contributed by atoms with Crippen LogP contribution in [-0.4, -0.2) is 46.4 Å². The highest BCUT2D eigenvalue weighted by atomic mass is 16.7. The lowest BCUT2D eigenvalue weighted by Gasteiger charge is -2.19. The summed E-state index contributed by atoms with van der Waals surface area (Å²) in [5, 5.41) is 1.18. The van der Waals surface area contributed by atoms with Crippen LogP contribution >= 0.6 is 0 Å². The van der Waals surface area contributed by atoms with Crippen LogP contribution in [-0.2, 0) is 19.3 Å². The van der Waals surface area contributed by atoms with Crippen LogP contribution in [0.1, 0.15) is 343 Å². The van der Waals surface area contributed by atoms with Gasteiger partial charge in [-0.25, -0.2) is 0 Å². The van der Waals surface area contributed by atoms with Crippen molar-refractivity contribution in [1.29, 1.82) is 0 Å². The zero-order chi connectivity index (χ0) is 88.7. The predicted molar refractivity (Wildman–Crippen MR) is 504 cm³/mol. The summed E-state index contributed by atoms with van der Waals surface area (Å²) < 4.78 is 65.0. The Hall–Kier alpha value is -9.42. The quantitative estimate of drug-likeness (QED) is 0.144. The van der Waals surface area contributed by atoms with Crippen molar-refractivity contribution < 1.29 is 56.5 Å². The lowest BCUT2D eigenvalue weighted by atomic mass is 9.98. The number of rotatable bonds is 8. The third-order valence-corrected chi connectivity index (χ3v) is 18.3. The Morgan fingerprint density at radius 2 is 0.534 bits per heavy atom. The molecule has 0 amide bonds. The molecule has 16 rings (SSSR count). The summed E-state index contributed by atoms with van der Waals surface area (Å²) in [6.45, 7) is 71.9. The number of hydrogen-bond acceptors (Lipinski definition) is 12. The molecule has 0 N–H and O–H groups in total. The van der Waals surface area contributed by atoms with E-state index in [1.54, 1.807) is 18.8 Å². The van der Waals surface area contributed by atoms with Crippen molar-refractivity contribution in [3.8, 4) is 63.2 Å². The second-order valence-electron chi connectivity index (χ2n) is 28.8. The zero-order valence-corrected chi connectivity index (χ0v) is 79.3. The maximum Gasteiger partial charge on any atom is 0.231 e. The van der Waals surface area contributed by atoms with Crippen LogP contribution in [0.4, 0.5) is 0 Å². The van der Waals surface area contributed by atoms with Gasteiger partial charge in [0.15, 0.2) is 46.0 Å². The molecule has 0 atom stereocenters. The first kappa shape index (κ1) is 107. The van der Waals surface area contributed by atoms with Gasteiger partial charge in [-0.1, -0.05) is 294 Å². The van der Waals surface area contributed by atoms with Crippen molar-refractivity contribution in [3.05, 3.63) is 244 Å². The van der Waals surface area contributed by atoms with E-state index in [0.29, 0.717) is 67.3 Å². The summed E-state index contributed by atoms with van der Waals surface area (Å²) in [6, 6.07) is 52.5. The molecule has 8 heterocycles. The average molecular weight is 1620 g/mol. The number of aryl methyl sites for hydroxylation is 1. The lowest BCUT2D eigenvalue weighted by molar-refractivity contribution is 0.171. The molecular formula is C106H158O12. The number of ether oxygens (including phenoxy) is 11. The molecule has 9 aromatic rings. The Kier molecular flexibility index (Phi) is 55.9. The summed E-state index contributed by atoms with van der Waals surface area (Å²) in [5.74, 6) is 14.5. The first-order chi connectivity index (χ1) is 57.2. The molecule has 0 radical (unpaired) electrons. The van der Waals surface area contributed by atoms with E-state index >= 15 is 0 Å². The molecule has 7 aliphatic heterocycles. The van der Waals surface area contributed by atoms with Crippen LogP contribution in [0.15, 0.2) is 187 Å². The van der Waals surface area contributed by atoms with Crippen LogP contribution < -0.4 is 52.1 Å². The minimum Gasteiger partial charge on any atom is -0.493 e. The minimum atomic E-state index is 0.358. The third kappa shape index (κ3) is 36.4. The molecule has 7 aliphatic rings. The Morgan fingerprint density at radius 1 is 0.229 bits per heavy atom. The third-order valence-electron chi connectivity index (χ3n) is 18.3. The summed E-state index contributed by atoms with van der Waals surface area (Å²) in [4.78, 5) is 0. The first-order valence-corrected chi connectivity index (χ1v) is 44.9. The monoisotopic (exact) mass is 1620 g/mol. The Balaban J connectivity index is 0.000000658. The van der Waals surface area contributed by atoms with E-state index in [0.717, 1.165) is 121 Å². The molecule has 8 aromatic carbocycles. The molecule has 12 heteroatoms. The van der Waals surface area contributed by atoms with E-state index < -0.39 is 0 Å². The largest absolute Gasteiger partial charge is 0.493 e. The number of hydrogen-bond donors (Lipinski definition) is 0. The van der Waals surface area contributed by atoms with Gasteiger partial charge in [0, 0.05) is 18.2 Å². The van der Waals surface area contributed by atoms with E-state index in [2.05, 4.69) is 220 Å². The number of fused-ring (bicyclic) bond motifs is 8. The average Bonchev–Trinajstić information content (AvgIpc) is 1.84. The molecule has 0 fully saturated rings. The number of benzene rings is 8. The number of allylic oxidation sites excluding steroid dienone is 1. The highest BCUT2D eigenvalue weighted by Gasteiger charge is 2.19. The van der Waals surface area contributed by atoms with E-state index in [-0.39, 0.29) is 0 Å². The van der Waals surface area contributed by atoms with E-state index in [1.807, 2.05) is 159 Å². The van der Waals surface area contributed by atoms with Crippen molar-refractivity contribution in [1.82, 2.24) is 0 Å². The molecule has 12 nitrogen and oxygen atoms in total. The van der Waals surface area contributed by atoms with Crippen LogP contribution in [0.3, 0.4) is 0 Å². The second-order valence-corrected chi connectivity index (χ2v) is 28.8. The van der Waals surface area contributed by atoms with Crippen LogP contribution in [0.2, 0.25) is 0 Å². The van der Waals surface area contributed by atoms with Crippen LogP contribution in [0.25, 0.3) is 11.0 Å². The molecular weight excluding hydrogens is 1470 g/mol. The fourth-order valence-electron chi connectivity index (χ4n) is 11.6. The Morgan fingerprint density at radius 3 is 1.00 bits per heavy atom. The highest BCUT2D eigenvalue weighted by molar-refractivity contribution is 5.77. The Labute approximate surface area is 718 Å². The van der Waals surface area contributed by atoms with Crippen molar-refractivity contribution >= 4 is 11.0 Å². The van der Waals surface area contributed by atoms with E-state index in [4.69, 9.17) is 56.5 Å². The highest BCUT2D eigenvalue weighted by Crippen LogP contribution is 2.38. The van der Waals surface area contributed by atoms with Gasteiger partial charge >= 0.3 is 0 Å². The van der Waals surface area contributed by atoms with Gasteiger partial charge in [0.05, 0.1) is 39.0 Å². The maximum atomic E-state index is 5.61. The van der Waals surface area contributed by atoms with E-state index in [9.17, 15) is 0 Å². The van der Waals surface area contributed by atoms with Gasteiger partial charge < -0.3 is 56.5 Å². The molecule has 1 aromatic heterocycles. The second kappa shape index (κ2) is 61.8. The smallest absolute Gasteiger partial charge is 0.231 e. The topological polar surface area (TPSA) is 115 Å². The normalized spacial score (nSPS) is 12.6. The number of furan rings is 1. The van der Waals surface area contributed by atoms with Gasteiger partial charge in [0.25, 0.3) is 0 Å². The fourth-order valence-corrected chi connectivity index (χ4v) is 11.6. The van der Waals surface area contributed by atoms with Gasteiger partial charge in [-0.2, -0.15) is 0 Å². The van der Waals surface area contributed by atoms with Gasteiger partial charge in [-0.05, 0) is 213 Å². The SMILES string of the molecule is CC.CC.CC.CC.CC.CC.CC.CC.CC(C)c1ccc2c(c1)OC=CC2.CC(C)c1ccc2c(c1)OC=CO2.CC(C)c1ccc2c(c1)OCC2.CC(C)c1ccc2c(c1)OCCC2.CC(C)c1ccc2c(c1)OCCCO2.CC(C)c1ccc2c(c1)OCCO2.CC(C)c1ccc2c(c1)OCO2.CC(C)c1ccc2ccoc2c1. The van der Waals surface area contributed by atoms with Crippen molar-refractivity contribution in [2.75, 3.05) is 46.4 Å². The molecule has 0 saturated heterocycles. The molecule has 0 unspecified atom stereocenters. The minimum absolute atomic E-state index is 0.358. The molecule has 654 valence electrons. The van der Waals surface area contributed by atoms with Gasteiger partial charge in [-0.15, -0.1) is 0 Å².